The summed E-state index contributed by atoms with van der Waals surface area (Å²) in [7, 11) is 1.70. The number of benzene rings is 3. The van der Waals surface area contributed by atoms with E-state index in [-0.39, 0.29) is 17.2 Å². The molecule has 0 bridgehead atoms. The van der Waals surface area contributed by atoms with Crippen LogP contribution in [0.3, 0.4) is 0 Å². The Morgan fingerprint density at radius 2 is 1.52 bits per heavy atom. The van der Waals surface area contributed by atoms with Crippen LogP contribution in [0.4, 0.5) is 5.69 Å². The van der Waals surface area contributed by atoms with E-state index in [0.29, 0.717) is 22.3 Å². The lowest BCUT2D eigenvalue weighted by Gasteiger charge is -2.10. The molecule has 0 radical (unpaired) electrons. The second kappa shape index (κ2) is 6.53. The van der Waals surface area contributed by atoms with E-state index in [0.717, 1.165) is 11.3 Å². The first kappa shape index (κ1) is 17.1. The van der Waals surface area contributed by atoms with Gasteiger partial charge in [-0.05, 0) is 18.2 Å². The largest absolute Gasteiger partial charge is 0.309 e. The predicted octanol–water partition coefficient (Wildman–Crippen LogP) is 3.29. The molecule has 0 unspecified atom stereocenters. The molecule has 0 fully saturated rings. The van der Waals surface area contributed by atoms with E-state index in [1.54, 1.807) is 25.2 Å². The molecular formula is C23H16N4O2. The van der Waals surface area contributed by atoms with Gasteiger partial charge in [-0.2, -0.15) is 9.78 Å². The highest BCUT2D eigenvalue weighted by Crippen LogP contribution is 2.28. The molecule has 2 heterocycles. The maximum absolute atomic E-state index is 13.3. The number of anilines is 1. The number of rotatable bonds is 2. The fraction of sp³-hybridized carbons (Fsp3) is 0.0435. The second-order valence-electron chi connectivity index (χ2n) is 6.77. The Morgan fingerprint density at radius 3 is 2.34 bits per heavy atom. The molecule has 5 rings (SSSR count). The van der Waals surface area contributed by atoms with Crippen molar-refractivity contribution < 1.29 is 4.79 Å². The number of fused-ring (bicyclic) bond motifs is 2. The van der Waals surface area contributed by atoms with Crippen LogP contribution in [0.25, 0.3) is 22.3 Å². The van der Waals surface area contributed by atoms with E-state index in [2.05, 4.69) is 10.1 Å². The molecule has 1 aliphatic rings. The summed E-state index contributed by atoms with van der Waals surface area (Å²) >= 11 is 0. The maximum atomic E-state index is 13.3. The number of aromatic nitrogens is 2. The Morgan fingerprint density at radius 1 is 0.828 bits per heavy atom. The first-order chi connectivity index (χ1) is 14.1. The Balaban J connectivity index is 1.84. The van der Waals surface area contributed by atoms with E-state index < -0.39 is 0 Å². The third-order valence-corrected chi connectivity index (χ3v) is 5.01. The second-order valence-corrected chi connectivity index (χ2v) is 6.77. The molecule has 29 heavy (non-hydrogen) atoms. The van der Waals surface area contributed by atoms with Crippen LogP contribution in [0.1, 0.15) is 5.56 Å². The van der Waals surface area contributed by atoms with Gasteiger partial charge >= 0.3 is 0 Å². The van der Waals surface area contributed by atoms with Crippen LogP contribution in [0.2, 0.25) is 0 Å². The topological polar surface area (TPSA) is 67.6 Å². The number of nitrogens with zero attached hydrogens (tertiary/aromatic N) is 4. The minimum atomic E-state index is -0.318. The van der Waals surface area contributed by atoms with Gasteiger partial charge in [-0.15, -0.1) is 0 Å². The molecule has 1 amide bonds. The molecule has 1 aromatic heterocycles. The molecular weight excluding hydrogens is 364 g/mol. The Bertz CT molecular complexity index is 1360. The molecule has 0 aliphatic carbocycles. The number of hydrogen-bond donors (Lipinski definition) is 0. The van der Waals surface area contributed by atoms with Crippen molar-refractivity contribution in [2.24, 2.45) is 5.10 Å². The Labute approximate surface area is 166 Å². The van der Waals surface area contributed by atoms with Crippen LogP contribution in [-0.4, -0.2) is 28.3 Å². The van der Waals surface area contributed by atoms with Gasteiger partial charge in [0.1, 0.15) is 0 Å². The van der Waals surface area contributed by atoms with Crippen molar-refractivity contribution >= 4 is 28.2 Å². The summed E-state index contributed by atoms with van der Waals surface area (Å²) in [6, 6.07) is 23.9. The molecule has 0 N–H and O–H groups in total. The third-order valence-electron chi connectivity index (χ3n) is 5.01. The zero-order valence-electron chi connectivity index (χ0n) is 15.6. The number of carbonyl (C=O) groups is 1. The molecule has 6 nitrogen and oxygen atoms in total. The molecule has 0 saturated heterocycles. The number of hydrogen-bond acceptors (Lipinski definition) is 4. The van der Waals surface area contributed by atoms with Crippen LogP contribution < -0.4 is 10.5 Å². The van der Waals surface area contributed by atoms with Crippen LogP contribution >= 0.6 is 0 Å². The highest BCUT2D eigenvalue weighted by molar-refractivity contribution is 6.54. The van der Waals surface area contributed by atoms with Gasteiger partial charge in [0.2, 0.25) is 0 Å². The molecule has 0 spiro atoms. The van der Waals surface area contributed by atoms with Gasteiger partial charge in [0.05, 0.1) is 16.6 Å². The van der Waals surface area contributed by atoms with Gasteiger partial charge in [-0.3, -0.25) is 9.59 Å². The smallest absolute Gasteiger partial charge is 0.282 e. The van der Waals surface area contributed by atoms with Crippen LogP contribution in [0.15, 0.2) is 88.8 Å². The lowest BCUT2D eigenvalue weighted by Crippen LogP contribution is -2.28. The third kappa shape index (κ3) is 2.65. The van der Waals surface area contributed by atoms with Gasteiger partial charge in [0, 0.05) is 18.2 Å². The summed E-state index contributed by atoms with van der Waals surface area (Å²) in [5.74, 6) is 0.131. The highest BCUT2D eigenvalue weighted by Gasteiger charge is 2.31. The first-order valence-electron chi connectivity index (χ1n) is 9.19. The molecule has 4 aromatic rings. The van der Waals surface area contributed by atoms with E-state index in [9.17, 15) is 9.59 Å². The maximum Gasteiger partial charge on any atom is 0.282 e. The quantitative estimate of drug-likeness (QED) is 0.536. The summed E-state index contributed by atoms with van der Waals surface area (Å²) < 4.78 is 1.24. The van der Waals surface area contributed by atoms with Crippen LogP contribution in [0.5, 0.6) is 0 Å². The summed E-state index contributed by atoms with van der Waals surface area (Å²) in [6.07, 6.45) is 0. The zero-order valence-corrected chi connectivity index (χ0v) is 15.6. The van der Waals surface area contributed by atoms with Crippen LogP contribution in [0, 0.1) is 0 Å². The fourth-order valence-electron chi connectivity index (χ4n) is 3.54. The lowest BCUT2D eigenvalue weighted by molar-refractivity contribution is -0.112. The zero-order chi connectivity index (χ0) is 20.0. The molecule has 3 aromatic carbocycles. The highest BCUT2D eigenvalue weighted by atomic mass is 16.2. The number of likely N-dealkylation sites (N-methyl/N-ethyl adjacent to an activating group) is 1. The number of amides is 1. The standard InChI is InChI=1S/C23H16N4O2/c1-26-19-14-8-6-12-17(19)20(23(26)29)25-27-21(15-9-3-2-4-10-15)24-18-13-7-5-11-16(18)22(27)28/h2-14H,1H3/b25-20-. The van der Waals surface area contributed by atoms with Gasteiger partial charge < -0.3 is 4.90 Å². The van der Waals surface area contributed by atoms with Crippen molar-refractivity contribution in [3.8, 4) is 11.4 Å². The minimum Gasteiger partial charge on any atom is -0.309 e. The van der Waals surface area contributed by atoms with E-state index >= 15 is 0 Å². The van der Waals surface area contributed by atoms with E-state index in [4.69, 9.17) is 0 Å². The minimum absolute atomic E-state index is 0.222. The number of carbonyl (C=O) groups excluding carboxylic acids is 1. The molecule has 0 atom stereocenters. The van der Waals surface area contributed by atoms with Crippen molar-refractivity contribution in [1.29, 1.82) is 0 Å². The van der Waals surface area contributed by atoms with Crippen molar-refractivity contribution in [2.45, 2.75) is 0 Å². The van der Waals surface area contributed by atoms with Gasteiger partial charge in [-0.25, -0.2) is 4.98 Å². The monoisotopic (exact) mass is 380 g/mol. The Hall–Kier alpha value is -4.06. The molecule has 0 saturated carbocycles. The molecule has 6 heteroatoms. The van der Waals surface area contributed by atoms with Gasteiger partial charge in [0.25, 0.3) is 11.5 Å². The fourth-order valence-corrected chi connectivity index (χ4v) is 3.54. The van der Waals surface area contributed by atoms with Crippen LogP contribution in [-0.2, 0) is 4.79 Å². The normalized spacial score (nSPS) is 14.6. The summed E-state index contributed by atoms with van der Waals surface area (Å²) in [4.78, 5) is 32.4. The van der Waals surface area contributed by atoms with E-state index in [1.165, 1.54) is 9.58 Å². The van der Waals surface area contributed by atoms with Crippen molar-refractivity contribution in [2.75, 3.05) is 11.9 Å². The number of para-hydroxylation sites is 2. The Kier molecular flexibility index (Phi) is 3.84. The summed E-state index contributed by atoms with van der Waals surface area (Å²) in [6.45, 7) is 0. The van der Waals surface area contributed by atoms with Gasteiger partial charge in [0.15, 0.2) is 11.5 Å². The average molecular weight is 380 g/mol. The average Bonchev–Trinajstić information content (AvgIpc) is 3.01. The predicted molar refractivity (Wildman–Crippen MR) is 113 cm³/mol. The molecule has 140 valence electrons. The first-order valence-corrected chi connectivity index (χ1v) is 9.19. The van der Waals surface area contributed by atoms with Crippen molar-refractivity contribution in [3.05, 3.63) is 94.8 Å². The van der Waals surface area contributed by atoms with E-state index in [1.807, 2.05) is 60.7 Å². The summed E-state index contributed by atoms with van der Waals surface area (Å²) in [5.41, 5.74) is 2.69. The van der Waals surface area contributed by atoms with Crippen molar-refractivity contribution in [3.63, 3.8) is 0 Å². The van der Waals surface area contributed by atoms with Crippen molar-refractivity contribution in [1.82, 2.24) is 9.66 Å². The molecule has 1 aliphatic heterocycles. The lowest BCUT2D eigenvalue weighted by atomic mass is 10.1. The van der Waals surface area contributed by atoms with Gasteiger partial charge in [-0.1, -0.05) is 60.7 Å². The summed E-state index contributed by atoms with van der Waals surface area (Å²) in [5, 5.41) is 4.97. The SMILES string of the molecule is CN1C(=O)/C(=N\n2c(-c3ccccc3)nc3ccccc3c2=O)c2ccccc21.